The van der Waals surface area contributed by atoms with Gasteiger partial charge in [0, 0.05) is 32.7 Å². The van der Waals surface area contributed by atoms with Crippen LogP contribution in [-0.4, -0.2) is 86.7 Å². The predicted octanol–water partition coefficient (Wildman–Crippen LogP) is 0.673. The van der Waals surface area contributed by atoms with Crippen molar-refractivity contribution in [2.75, 3.05) is 60.0 Å². The summed E-state index contributed by atoms with van der Waals surface area (Å²) in [5.74, 6) is 0.181. The molecule has 0 radical (unpaired) electrons. The number of ether oxygens (including phenoxy) is 1. The van der Waals surface area contributed by atoms with Gasteiger partial charge in [0.1, 0.15) is 0 Å². The van der Waals surface area contributed by atoms with Gasteiger partial charge >= 0.3 is 0 Å². The number of likely N-dealkylation sites (N-methyl/N-ethyl adjacent to an activating group) is 2. The van der Waals surface area contributed by atoms with Crippen molar-refractivity contribution in [1.82, 2.24) is 14.7 Å². The molecule has 5 heteroatoms. The Morgan fingerprint density at radius 3 is 2.70 bits per heavy atom. The van der Waals surface area contributed by atoms with Gasteiger partial charge < -0.3 is 14.5 Å². The molecular formula is C15H29N3O2. The lowest BCUT2D eigenvalue weighted by molar-refractivity contribution is -0.134. The second-order valence-electron chi connectivity index (χ2n) is 5.86. The molecule has 0 N–H and O–H groups in total. The highest BCUT2D eigenvalue weighted by Gasteiger charge is 2.24. The molecule has 5 nitrogen and oxygen atoms in total. The minimum absolute atomic E-state index is 0.181. The van der Waals surface area contributed by atoms with Crippen LogP contribution in [0, 0.1) is 0 Å². The van der Waals surface area contributed by atoms with E-state index >= 15 is 0 Å². The largest absolute Gasteiger partial charge is 0.374 e. The minimum atomic E-state index is 0.181. The zero-order chi connectivity index (χ0) is 15.1. The van der Waals surface area contributed by atoms with Gasteiger partial charge in [-0.05, 0) is 27.9 Å². The van der Waals surface area contributed by atoms with E-state index in [1.54, 1.807) is 0 Å². The van der Waals surface area contributed by atoms with Gasteiger partial charge in [-0.25, -0.2) is 0 Å². The lowest BCUT2D eigenvalue weighted by Crippen LogP contribution is -2.50. The molecule has 0 bridgehead atoms. The molecule has 1 fully saturated rings. The molecule has 0 aromatic carbocycles. The molecule has 0 spiro atoms. The van der Waals surface area contributed by atoms with Gasteiger partial charge in [-0.1, -0.05) is 12.2 Å². The van der Waals surface area contributed by atoms with Crippen molar-refractivity contribution >= 4 is 5.91 Å². The molecule has 1 heterocycles. The van der Waals surface area contributed by atoms with Crippen LogP contribution in [-0.2, 0) is 9.53 Å². The van der Waals surface area contributed by atoms with Crippen LogP contribution in [0.15, 0.2) is 12.2 Å². The zero-order valence-corrected chi connectivity index (χ0v) is 13.4. The number of nitrogens with zero attached hydrogens (tertiary/aromatic N) is 3. The summed E-state index contributed by atoms with van der Waals surface area (Å²) in [7, 11) is 4.08. The topological polar surface area (TPSA) is 36.0 Å². The number of amides is 1. The molecule has 1 atom stereocenters. The number of morpholine rings is 1. The summed E-state index contributed by atoms with van der Waals surface area (Å²) in [6.07, 6.45) is 0.197. The zero-order valence-electron chi connectivity index (χ0n) is 13.4. The summed E-state index contributed by atoms with van der Waals surface area (Å²) in [5, 5.41) is 0. The Morgan fingerprint density at radius 1 is 1.45 bits per heavy atom. The SMILES string of the molecule is C=C(C)CN(CC)C(=O)CN1CCO[C@@H](CN(C)C)C1. The van der Waals surface area contributed by atoms with Crippen LogP contribution in [0.1, 0.15) is 13.8 Å². The summed E-state index contributed by atoms with van der Waals surface area (Å²) in [4.78, 5) is 18.5. The van der Waals surface area contributed by atoms with E-state index in [1.165, 1.54) is 0 Å². The monoisotopic (exact) mass is 283 g/mol. The first-order valence-corrected chi connectivity index (χ1v) is 7.33. The lowest BCUT2D eigenvalue weighted by atomic mass is 10.2. The second kappa shape index (κ2) is 8.39. The van der Waals surface area contributed by atoms with Gasteiger partial charge in [0.2, 0.25) is 5.91 Å². The van der Waals surface area contributed by atoms with Crippen molar-refractivity contribution in [2.24, 2.45) is 0 Å². The van der Waals surface area contributed by atoms with E-state index in [9.17, 15) is 4.79 Å². The Labute approximate surface area is 123 Å². The quantitative estimate of drug-likeness (QED) is 0.644. The van der Waals surface area contributed by atoms with Crippen LogP contribution < -0.4 is 0 Å². The molecule has 20 heavy (non-hydrogen) atoms. The molecule has 1 aliphatic rings. The van der Waals surface area contributed by atoms with Crippen molar-refractivity contribution in [3.8, 4) is 0 Å². The Balaban J connectivity index is 2.45. The standard InChI is InChI=1S/C15H29N3O2/c1-6-18(9-13(2)3)15(19)12-17-7-8-20-14(11-17)10-16(4)5/h14H,2,6-12H2,1,3-5H3/t14-/m0/s1. The molecule has 1 rings (SSSR count). The highest BCUT2D eigenvalue weighted by atomic mass is 16.5. The van der Waals surface area contributed by atoms with Crippen LogP contribution in [0.5, 0.6) is 0 Å². The van der Waals surface area contributed by atoms with Gasteiger partial charge in [-0.3, -0.25) is 9.69 Å². The fraction of sp³-hybridized carbons (Fsp3) is 0.800. The molecule has 0 aliphatic carbocycles. The van der Waals surface area contributed by atoms with E-state index in [2.05, 4.69) is 16.4 Å². The molecule has 1 saturated heterocycles. The maximum absolute atomic E-state index is 12.3. The maximum atomic E-state index is 12.3. The predicted molar refractivity (Wildman–Crippen MR) is 81.8 cm³/mol. The molecule has 1 amide bonds. The van der Waals surface area contributed by atoms with Crippen LogP contribution >= 0.6 is 0 Å². The fourth-order valence-electron chi connectivity index (χ4n) is 2.44. The van der Waals surface area contributed by atoms with Crippen molar-refractivity contribution in [1.29, 1.82) is 0 Å². The van der Waals surface area contributed by atoms with E-state index in [4.69, 9.17) is 4.74 Å². The summed E-state index contributed by atoms with van der Waals surface area (Å²) < 4.78 is 5.73. The summed E-state index contributed by atoms with van der Waals surface area (Å²) in [6.45, 7) is 13.0. The van der Waals surface area contributed by atoms with E-state index in [0.717, 1.165) is 31.8 Å². The minimum Gasteiger partial charge on any atom is -0.374 e. The highest BCUT2D eigenvalue weighted by Crippen LogP contribution is 2.07. The van der Waals surface area contributed by atoms with Crippen molar-refractivity contribution in [3.05, 3.63) is 12.2 Å². The third-order valence-electron chi connectivity index (χ3n) is 3.35. The first-order chi connectivity index (χ1) is 9.42. The molecular weight excluding hydrogens is 254 g/mol. The average Bonchev–Trinajstić information content (AvgIpc) is 2.35. The molecule has 0 aromatic heterocycles. The van der Waals surface area contributed by atoms with Gasteiger partial charge in [-0.15, -0.1) is 0 Å². The Hall–Kier alpha value is -0.910. The second-order valence-corrected chi connectivity index (χ2v) is 5.86. The lowest BCUT2D eigenvalue weighted by Gasteiger charge is -2.34. The third kappa shape index (κ3) is 6.03. The molecule has 116 valence electrons. The number of carbonyl (C=O) groups is 1. The Bertz CT molecular complexity index is 331. The summed E-state index contributed by atoms with van der Waals surface area (Å²) in [6, 6.07) is 0. The fourth-order valence-corrected chi connectivity index (χ4v) is 2.44. The van der Waals surface area contributed by atoms with E-state index in [1.807, 2.05) is 32.8 Å². The van der Waals surface area contributed by atoms with Gasteiger partial charge in [0.25, 0.3) is 0 Å². The average molecular weight is 283 g/mol. The first kappa shape index (κ1) is 17.1. The van der Waals surface area contributed by atoms with Crippen molar-refractivity contribution < 1.29 is 9.53 Å². The third-order valence-corrected chi connectivity index (χ3v) is 3.35. The molecule has 1 aliphatic heterocycles. The maximum Gasteiger partial charge on any atom is 0.237 e. The van der Waals surface area contributed by atoms with E-state index in [-0.39, 0.29) is 12.0 Å². The van der Waals surface area contributed by atoms with Gasteiger partial charge in [-0.2, -0.15) is 0 Å². The normalized spacial score (nSPS) is 20.1. The summed E-state index contributed by atoms with van der Waals surface area (Å²) in [5.41, 5.74) is 1.02. The summed E-state index contributed by atoms with van der Waals surface area (Å²) >= 11 is 0. The van der Waals surface area contributed by atoms with E-state index in [0.29, 0.717) is 19.7 Å². The Kier molecular flexibility index (Phi) is 7.19. The smallest absolute Gasteiger partial charge is 0.237 e. The number of hydrogen-bond donors (Lipinski definition) is 0. The van der Waals surface area contributed by atoms with Gasteiger partial charge in [0.15, 0.2) is 0 Å². The van der Waals surface area contributed by atoms with Gasteiger partial charge in [0.05, 0.1) is 19.3 Å². The number of hydrogen-bond acceptors (Lipinski definition) is 4. The van der Waals surface area contributed by atoms with Crippen molar-refractivity contribution in [2.45, 2.75) is 20.0 Å². The number of rotatable bonds is 7. The molecule has 0 aromatic rings. The molecule has 0 saturated carbocycles. The van der Waals surface area contributed by atoms with E-state index < -0.39 is 0 Å². The highest BCUT2D eigenvalue weighted by molar-refractivity contribution is 5.78. The van der Waals surface area contributed by atoms with Crippen LogP contribution in [0.3, 0.4) is 0 Å². The number of carbonyl (C=O) groups excluding carboxylic acids is 1. The Morgan fingerprint density at radius 2 is 2.15 bits per heavy atom. The molecule has 0 unspecified atom stereocenters. The van der Waals surface area contributed by atoms with Crippen molar-refractivity contribution in [3.63, 3.8) is 0 Å². The van der Waals surface area contributed by atoms with Crippen LogP contribution in [0.2, 0.25) is 0 Å². The first-order valence-electron chi connectivity index (χ1n) is 7.33. The van der Waals surface area contributed by atoms with Crippen LogP contribution in [0.25, 0.3) is 0 Å². The van der Waals surface area contributed by atoms with Crippen LogP contribution in [0.4, 0.5) is 0 Å².